The first-order valence-corrected chi connectivity index (χ1v) is 11.2. The quantitative estimate of drug-likeness (QED) is 0.777. The summed E-state index contributed by atoms with van der Waals surface area (Å²) in [5, 5.41) is 0. The summed E-state index contributed by atoms with van der Waals surface area (Å²) in [6.45, 7) is 2.08. The Balaban J connectivity index is 2.87. The summed E-state index contributed by atoms with van der Waals surface area (Å²) >= 11 is -3.34. The van der Waals surface area contributed by atoms with Crippen LogP contribution in [0, 0.1) is 5.92 Å². The summed E-state index contributed by atoms with van der Waals surface area (Å²) < 4.78 is 17.4. The summed E-state index contributed by atoms with van der Waals surface area (Å²) in [5.74, 6) is 0.490. The average molecular weight is 338 g/mol. The predicted molar refractivity (Wildman–Crippen MR) is 66.1 cm³/mol. The average Bonchev–Trinajstić information content (AvgIpc) is 2.32. The Kier molecular flexibility index (Phi) is 6.01. The summed E-state index contributed by atoms with van der Waals surface area (Å²) in [5.41, 5.74) is 6.09. The van der Waals surface area contributed by atoms with Crippen molar-refractivity contribution in [2.24, 2.45) is 11.7 Å². The standard InChI is InChI=1S/C8H16N.3CH3O.Sn/c1-7(9)8-5-3-2-4-6-8;3*1-2;/h5,7-8H,2-4,6,9H2,1H3;3*1H3;/q;3*-1;+3. The topological polar surface area (TPSA) is 53.7 Å². The van der Waals surface area contributed by atoms with Gasteiger partial charge in [0.1, 0.15) is 0 Å². The number of hydrogen-bond acceptors (Lipinski definition) is 4. The Morgan fingerprint density at radius 1 is 1.06 bits per heavy atom. The fourth-order valence-corrected chi connectivity index (χ4v) is 11.4. The third-order valence-corrected chi connectivity index (χ3v) is 13.3. The molecule has 4 nitrogen and oxygen atoms in total. The van der Waals surface area contributed by atoms with Gasteiger partial charge in [-0.1, -0.05) is 0 Å². The molecule has 0 spiro atoms. The maximum atomic E-state index is 6.09. The van der Waals surface area contributed by atoms with E-state index >= 15 is 0 Å². The van der Waals surface area contributed by atoms with Gasteiger partial charge >= 0.3 is 104 Å². The summed E-state index contributed by atoms with van der Waals surface area (Å²) in [7, 11) is 5.15. The summed E-state index contributed by atoms with van der Waals surface area (Å²) in [4.78, 5) is 0. The van der Waals surface area contributed by atoms with E-state index in [1.54, 1.807) is 21.3 Å². The van der Waals surface area contributed by atoms with Gasteiger partial charge in [-0.15, -0.1) is 0 Å². The first-order chi connectivity index (χ1) is 7.61. The van der Waals surface area contributed by atoms with E-state index in [4.69, 9.17) is 15.0 Å². The van der Waals surface area contributed by atoms with Crippen LogP contribution in [0.3, 0.4) is 0 Å². The second-order valence-corrected chi connectivity index (χ2v) is 13.7. The van der Waals surface area contributed by atoms with Gasteiger partial charge in [-0.05, 0) is 0 Å². The first kappa shape index (κ1) is 14.7. The third kappa shape index (κ3) is 2.90. The zero-order valence-electron chi connectivity index (χ0n) is 10.9. The molecule has 0 saturated heterocycles. The maximum absolute atomic E-state index is 6.09. The minimum atomic E-state index is -3.34. The van der Waals surface area contributed by atoms with E-state index in [-0.39, 0.29) is 6.04 Å². The number of rotatable bonds is 5. The van der Waals surface area contributed by atoms with Gasteiger partial charge in [0, 0.05) is 0 Å². The summed E-state index contributed by atoms with van der Waals surface area (Å²) in [6, 6.07) is 0.196. The van der Waals surface area contributed by atoms with Gasteiger partial charge in [0.25, 0.3) is 0 Å². The van der Waals surface area contributed by atoms with Crippen LogP contribution < -0.4 is 5.73 Å². The molecule has 16 heavy (non-hydrogen) atoms. The van der Waals surface area contributed by atoms with Crippen LogP contribution >= 0.6 is 0 Å². The van der Waals surface area contributed by atoms with Crippen LogP contribution in [0.2, 0.25) is 3.93 Å². The van der Waals surface area contributed by atoms with E-state index in [0.717, 1.165) is 6.42 Å². The Morgan fingerprint density at radius 3 is 2.00 bits per heavy atom. The van der Waals surface area contributed by atoms with E-state index in [2.05, 4.69) is 6.92 Å². The van der Waals surface area contributed by atoms with Crippen LogP contribution in [0.4, 0.5) is 0 Å². The molecule has 3 atom stereocenters. The van der Waals surface area contributed by atoms with Crippen molar-refractivity contribution in [3.63, 3.8) is 0 Å². The van der Waals surface area contributed by atoms with Crippen LogP contribution in [0.25, 0.3) is 0 Å². The molecule has 96 valence electrons. The predicted octanol–water partition coefficient (Wildman–Crippen LogP) is 1.77. The Labute approximate surface area is 104 Å². The fourth-order valence-electron chi connectivity index (χ4n) is 2.93. The van der Waals surface area contributed by atoms with E-state index in [1.165, 1.54) is 19.3 Å². The molecule has 2 N–H and O–H groups in total. The van der Waals surface area contributed by atoms with Crippen LogP contribution in [0.1, 0.15) is 32.6 Å². The van der Waals surface area contributed by atoms with Crippen molar-refractivity contribution in [3.8, 4) is 0 Å². The Hall–Kier alpha value is 0.639. The van der Waals surface area contributed by atoms with E-state index in [9.17, 15) is 0 Å². The van der Waals surface area contributed by atoms with Crippen molar-refractivity contribution in [2.45, 2.75) is 42.6 Å². The molecule has 0 aliphatic heterocycles. The minimum absolute atomic E-state index is 0.196. The molecule has 1 saturated carbocycles. The molecular formula is C11H25NO3Sn. The zero-order chi connectivity index (χ0) is 12.2. The van der Waals surface area contributed by atoms with Crippen molar-refractivity contribution < 1.29 is 9.22 Å². The molecule has 1 aliphatic rings. The zero-order valence-corrected chi connectivity index (χ0v) is 13.7. The fraction of sp³-hybridized carbons (Fsp3) is 1.00. The molecule has 1 fully saturated rings. The molecule has 0 aromatic carbocycles. The molecular weight excluding hydrogens is 313 g/mol. The van der Waals surface area contributed by atoms with Crippen molar-refractivity contribution in [1.82, 2.24) is 0 Å². The molecule has 0 aromatic heterocycles. The van der Waals surface area contributed by atoms with Crippen molar-refractivity contribution >= 4 is 19.6 Å². The van der Waals surface area contributed by atoms with Crippen LogP contribution in [-0.4, -0.2) is 47.0 Å². The second-order valence-electron chi connectivity index (χ2n) is 4.63. The van der Waals surface area contributed by atoms with Crippen LogP contribution in [-0.2, 0) is 9.22 Å². The normalized spacial score (nSPS) is 29.1. The van der Waals surface area contributed by atoms with Crippen LogP contribution in [0.15, 0.2) is 0 Å². The molecule has 5 heteroatoms. The number of nitrogens with two attached hydrogens (primary N) is 1. The SMILES string of the molecule is C[O][Sn]([O]C)([O]C)[CH]1CCCCC1C(C)N. The molecule has 0 aromatic rings. The van der Waals surface area contributed by atoms with Gasteiger partial charge in [-0.25, -0.2) is 0 Å². The van der Waals surface area contributed by atoms with Gasteiger partial charge in [-0.2, -0.15) is 0 Å². The van der Waals surface area contributed by atoms with Crippen molar-refractivity contribution in [1.29, 1.82) is 0 Å². The van der Waals surface area contributed by atoms with E-state index < -0.39 is 19.6 Å². The Morgan fingerprint density at radius 2 is 1.56 bits per heavy atom. The molecule has 0 radical (unpaired) electrons. The van der Waals surface area contributed by atoms with Crippen LogP contribution in [0.5, 0.6) is 0 Å². The van der Waals surface area contributed by atoms with Crippen molar-refractivity contribution in [2.75, 3.05) is 21.3 Å². The molecule has 0 bridgehead atoms. The van der Waals surface area contributed by atoms with E-state index in [1.807, 2.05) is 0 Å². The molecule has 0 heterocycles. The third-order valence-electron chi connectivity index (χ3n) is 3.80. The van der Waals surface area contributed by atoms with Gasteiger partial charge in [0.05, 0.1) is 0 Å². The summed E-state index contributed by atoms with van der Waals surface area (Å²) in [6.07, 6.45) is 4.82. The monoisotopic (exact) mass is 339 g/mol. The molecule has 3 unspecified atom stereocenters. The van der Waals surface area contributed by atoms with Gasteiger partial charge < -0.3 is 0 Å². The second kappa shape index (κ2) is 6.54. The molecule has 0 amide bonds. The van der Waals surface area contributed by atoms with Crippen molar-refractivity contribution in [3.05, 3.63) is 0 Å². The molecule has 1 rings (SSSR count). The molecule has 1 aliphatic carbocycles. The van der Waals surface area contributed by atoms with E-state index in [0.29, 0.717) is 9.85 Å². The first-order valence-electron chi connectivity index (χ1n) is 6.02. The van der Waals surface area contributed by atoms with Gasteiger partial charge in [0.2, 0.25) is 0 Å². The number of hydrogen-bond donors (Lipinski definition) is 1. The van der Waals surface area contributed by atoms with Gasteiger partial charge in [0.15, 0.2) is 0 Å². The van der Waals surface area contributed by atoms with Gasteiger partial charge in [-0.3, -0.25) is 0 Å². The Bertz CT molecular complexity index is 201.